The van der Waals surface area contributed by atoms with E-state index >= 15 is 0 Å². The SMILES string of the molecule is COc1cc(NC(=O)NC(Cc2ccccc2)Cc2ccc3c(c2)OCO3)cc(OC)c1OC. The van der Waals surface area contributed by atoms with Crippen LogP contribution in [0.4, 0.5) is 10.5 Å². The fourth-order valence-electron chi connectivity index (χ4n) is 3.93. The second kappa shape index (κ2) is 10.7. The van der Waals surface area contributed by atoms with Gasteiger partial charge in [0.1, 0.15) is 0 Å². The summed E-state index contributed by atoms with van der Waals surface area (Å²) < 4.78 is 27.0. The van der Waals surface area contributed by atoms with Gasteiger partial charge in [0.2, 0.25) is 12.5 Å². The molecule has 8 nitrogen and oxygen atoms in total. The highest BCUT2D eigenvalue weighted by atomic mass is 16.7. The summed E-state index contributed by atoms with van der Waals surface area (Å²) in [6.45, 7) is 0.224. The first-order valence-corrected chi connectivity index (χ1v) is 10.9. The topological polar surface area (TPSA) is 87.3 Å². The van der Waals surface area contributed by atoms with Crippen molar-refractivity contribution in [3.63, 3.8) is 0 Å². The van der Waals surface area contributed by atoms with E-state index in [9.17, 15) is 4.79 Å². The first-order valence-electron chi connectivity index (χ1n) is 10.9. The number of urea groups is 1. The predicted molar refractivity (Wildman–Crippen MR) is 128 cm³/mol. The second-order valence-corrected chi connectivity index (χ2v) is 7.79. The van der Waals surface area contributed by atoms with Crippen molar-refractivity contribution in [1.82, 2.24) is 5.32 Å². The van der Waals surface area contributed by atoms with E-state index in [1.54, 1.807) is 12.1 Å². The largest absolute Gasteiger partial charge is 0.493 e. The molecule has 1 aliphatic rings. The lowest BCUT2D eigenvalue weighted by molar-refractivity contribution is 0.174. The Morgan fingerprint density at radius 3 is 2.21 bits per heavy atom. The van der Waals surface area contributed by atoms with E-state index in [1.165, 1.54) is 21.3 Å². The van der Waals surface area contributed by atoms with Gasteiger partial charge in [-0.1, -0.05) is 36.4 Å². The minimum atomic E-state index is -0.337. The Morgan fingerprint density at radius 1 is 0.853 bits per heavy atom. The highest BCUT2D eigenvalue weighted by molar-refractivity contribution is 5.90. The molecule has 34 heavy (non-hydrogen) atoms. The van der Waals surface area contributed by atoms with Gasteiger partial charge in [-0.05, 0) is 36.1 Å². The van der Waals surface area contributed by atoms with Gasteiger partial charge in [0.15, 0.2) is 23.0 Å². The Kier molecular flexibility index (Phi) is 7.27. The van der Waals surface area contributed by atoms with E-state index in [-0.39, 0.29) is 18.9 Å². The van der Waals surface area contributed by atoms with Crippen LogP contribution in [0.25, 0.3) is 0 Å². The van der Waals surface area contributed by atoms with Gasteiger partial charge in [-0.3, -0.25) is 0 Å². The van der Waals surface area contributed by atoms with Crippen LogP contribution in [0.1, 0.15) is 11.1 Å². The number of fused-ring (bicyclic) bond motifs is 1. The molecule has 0 radical (unpaired) electrons. The van der Waals surface area contributed by atoms with Gasteiger partial charge in [0, 0.05) is 18.2 Å². The van der Waals surface area contributed by atoms with E-state index < -0.39 is 0 Å². The number of hydrogen-bond donors (Lipinski definition) is 2. The second-order valence-electron chi connectivity index (χ2n) is 7.79. The summed E-state index contributed by atoms with van der Waals surface area (Å²) in [6, 6.07) is 18.8. The molecule has 8 heteroatoms. The molecule has 2 amide bonds. The first kappa shape index (κ1) is 23.1. The molecular weight excluding hydrogens is 436 g/mol. The maximum Gasteiger partial charge on any atom is 0.319 e. The molecule has 0 aromatic heterocycles. The number of carbonyl (C=O) groups is 1. The van der Waals surface area contributed by atoms with E-state index in [0.29, 0.717) is 35.8 Å². The fraction of sp³-hybridized carbons (Fsp3) is 0.269. The van der Waals surface area contributed by atoms with Gasteiger partial charge in [0.05, 0.1) is 27.0 Å². The Morgan fingerprint density at radius 2 is 1.53 bits per heavy atom. The lowest BCUT2D eigenvalue weighted by atomic mass is 9.98. The maximum atomic E-state index is 13.0. The van der Waals surface area contributed by atoms with E-state index in [1.807, 2.05) is 48.5 Å². The molecule has 178 valence electrons. The quantitative estimate of drug-likeness (QED) is 0.488. The summed E-state index contributed by atoms with van der Waals surface area (Å²) in [7, 11) is 4.59. The number of nitrogens with one attached hydrogen (secondary N) is 2. The molecule has 1 atom stereocenters. The van der Waals surface area contributed by atoms with Crippen LogP contribution >= 0.6 is 0 Å². The van der Waals surface area contributed by atoms with Crippen molar-refractivity contribution in [2.45, 2.75) is 18.9 Å². The summed E-state index contributed by atoms with van der Waals surface area (Å²) >= 11 is 0. The zero-order valence-electron chi connectivity index (χ0n) is 19.4. The Bertz CT molecular complexity index is 1110. The molecule has 4 rings (SSSR count). The smallest absolute Gasteiger partial charge is 0.319 e. The summed E-state index contributed by atoms with van der Waals surface area (Å²) in [4.78, 5) is 13.0. The van der Waals surface area contributed by atoms with Crippen molar-refractivity contribution in [3.05, 3.63) is 71.8 Å². The minimum Gasteiger partial charge on any atom is -0.493 e. The van der Waals surface area contributed by atoms with Crippen molar-refractivity contribution < 1.29 is 28.5 Å². The van der Waals surface area contributed by atoms with Crippen LogP contribution in [0.15, 0.2) is 60.7 Å². The van der Waals surface area contributed by atoms with Gasteiger partial charge < -0.3 is 34.3 Å². The van der Waals surface area contributed by atoms with Crippen molar-refractivity contribution >= 4 is 11.7 Å². The molecule has 3 aromatic rings. The van der Waals surface area contributed by atoms with Gasteiger partial charge in [-0.15, -0.1) is 0 Å². The van der Waals surface area contributed by atoms with Gasteiger partial charge in [0.25, 0.3) is 0 Å². The van der Waals surface area contributed by atoms with Crippen LogP contribution in [0.5, 0.6) is 28.7 Å². The average Bonchev–Trinajstić information content (AvgIpc) is 3.31. The summed E-state index contributed by atoms with van der Waals surface area (Å²) in [5.74, 6) is 2.83. The Balaban J connectivity index is 1.51. The fourth-order valence-corrected chi connectivity index (χ4v) is 3.93. The Hall–Kier alpha value is -4.07. The molecule has 0 saturated carbocycles. The number of amides is 2. The third kappa shape index (κ3) is 5.46. The van der Waals surface area contributed by atoms with Crippen molar-refractivity contribution in [2.24, 2.45) is 0 Å². The van der Waals surface area contributed by atoms with Crippen molar-refractivity contribution in [1.29, 1.82) is 0 Å². The van der Waals surface area contributed by atoms with Gasteiger partial charge in [-0.2, -0.15) is 0 Å². The number of methoxy groups -OCH3 is 3. The third-order valence-corrected chi connectivity index (χ3v) is 5.50. The number of carbonyl (C=O) groups excluding carboxylic acids is 1. The summed E-state index contributed by atoms with van der Waals surface area (Å²) in [5, 5.41) is 5.97. The van der Waals surface area contributed by atoms with Crippen LogP contribution in [-0.2, 0) is 12.8 Å². The van der Waals surface area contributed by atoms with Crippen LogP contribution in [0, 0.1) is 0 Å². The summed E-state index contributed by atoms with van der Waals surface area (Å²) in [6.07, 6.45) is 1.28. The van der Waals surface area contributed by atoms with Gasteiger partial charge >= 0.3 is 6.03 Å². The maximum absolute atomic E-state index is 13.0. The molecule has 0 aliphatic carbocycles. The minimum absolute atomic E-state index is 0.162. The number of benzene rings is 3. The van der Waals surface area contributed by atoms with Crippen molar-refractivity contribution in [2.75, 3.05) is 33.4 Å². The zero-order valence-corrected chi connectivity index (χ0v) is 19.4. The lowest BCUT2D eigenvalue weighted by Crippen LogP contribution is -2.40. The normalized spacial score (nSPS) is 12.6. The molecule has 0 spiro atoms. The number of hydrogen-bond acceptors (Lipinski definition) is 6. The highest BCUT2D eigenvalue weighted by Crippen LogP contribution is 2.40. The highest BCUT2D eigenvalue weighted by Gasteiger charge is 2.19. The van der Waals surface area contributed by atoms with E-state index in [4.69, 9.17) is 23.7 Å². The van der Waals surface area contributed by atoms with Crippen LogP contribution in [0.2, 0.25) is 0 Å². The van der Waals surface area contributed by atoms with E-state index in [0.717, 1.165) is 22.6 Å². The molecule has 0 fully saturated rings. The summed E-state index contributed by atoms with van der Waals surface area (Å²) in [5.41, 5.74) is 2.69. The first-order chi connectivity index (χ1) is 16.6. The number of anilines is 1. The molecule has 1 unspecified atom stereocenters. The molecule has 1 aliphatic heterocycles. The lowest BCUT2D eigenvalue weighted by Gasteiger charge is -2.20. The molecule has 2 N–H and O–H groups in total. The third-order valence-electron chi connectivity index (χ3n) is 5.50. The number of rotatable bonds is 9. The zero-order chi connectivity index (χ0) is 23.9. The standard InChI is InChI=1S/C26H28N2O6/c1-30-23-14-20(15-24(31-2)25(23)32-3)28-26(29)27-19(11-17-7-5-4-6-8-17)12-18-9-10-21-22(13-18)34-16-33-21/h4-10,13-15,19H,11-12,16H2,1-3H3,(H2,27,28,29). The molecule has 0 saturated heterocycles. The predicted octanol–water partition coefficient (Wildman–Crippen LogP) is 4.42. The van der Waals surface area contributed by atoms with Gasteiger partial charge in [-0.25, -0.2) is 4.79 Å². The van der Waals surface area contributed by atoms with Crippen LogP contribution < -0.4 is 34.3 Å². The molecule has 1 heterocycles. The van der Waals surface area contributed by atoms with Crippen LogP contribution in [-0.4, -0.2) is 40.2 Å². The van der Waals surface area contributed by atoms with Crippen LogP contribution in [0.3, 0.4) is 0 Å². The monoisotopic (exact) mass is 464 g/mol. The average molecular weight is 465 g/mol. The molecule has 3 aromatic carbocycles. The molecular formula is C26H28N2O6. The van der Waals surface area contributed by atoms with E-state index in [2.05, 4.69) is 10.6 Å². The van der Waals surface area contributed by atoms with Crippen molar-refractivity contribution in [3.8, 4) is 28.7 Å². The molecule has 0 bridgehead atoms. The Labute approximate surface area is 198 Å². The number of ether oxygens (including phenoxy) is 5.